The summed E-state index contributed by atoms with van der Waals surface area (Å²) in [5, 5.41) is 25.0. The third-order valence-electron chi connectivity index (χ3n) is 3.59. The van der Waals surface area contributed by atoms with Crippen LogP contribution in [0.5, 0.6) is 0 Å². The zero-order chi connectivity index (χ0) is 30.3. The molecule has 5 nitrogen and oxygen atoms in total. The van der Waals surface area contributed by atoms with E-state index in [9.17, 15) is 15.0 Å². The largest absolute Gasteiger partial charge is 0.478 e. The Morgan fingerprint density at radius 3 is 2.72 bits per heavy atom. The summed E-state index contributed by atoms with van der Waals surface area (Å²) < 4.78 is 90.1. The predicted molar refractivity (Wildman–Crippen MR) is 117 cm³/mol. The first kappa shape index (κ1) is 10.8. The zero-order valence-electron chi connectivity index (χ0n) is 25.9. The maximum Gasteiger partial charge on any atom is 0.335 e. The van der Waals surface area contributed by atoms with E-state index in [4.69, 9.17) is 26.7 Å². The molecule has 0 radical (unpaired) electrons. The predicted octanol–water partition coefficient (Wildman–Crippen LogP) is 4.44. The number of aliphatic hydroxyl groups is 1. The van der Waals surface area contributed by atoms with Crippen molar-refractivity contribution in [2.24, 2.45) is 0 Å². The van der Waals surface area contributed by atoms with Gasteiger partial charge in [-0.1, -0.05) is 47.9 Å². The van der Waals surface area contributed by atoms with Crippen LogP contribution in [0, 0.1) is 0 Å². The maximum absolute atomic E-state index is 11.7. The molecule has 3 aromatic rings. The van der Waals surface area contributed by atoms with Gasteiger partial charge in [-0.25, -0.2) is 4.79 Å². The van der Waals surface area contributed by atoms with E-state index in [-0.39, 0.29) is 10.6 Å². The summed E-state index contributed by atoms with van der Waals surface area (Å²) in [6, 6.07) is -0.902. The fourth-order valence-corrected chi connectivity index (χ4v) is 2.44. The number of carbonyl (C=O) groups is 1. The highest BCUT2D eigenvalue weighted by atomic mass is 35.5. The van der Waals surface area contributed by atoms with Gasteiger partial charge in [-0.05, 0) is 53.0 Å². The molecule has 0 aliphatic rings. The summed E-state index contributed by atoms with van der Waals surface area (Å²) in [5.41, 5.74) is -2.77. The molecule has 0 unspecified atom stereocenters. The molecular weight excluding hydrogens is 388 g/mol. The van der Waals surface area contributed by atoms with Crippen LogP contribution in [-0.2, 0) is 0 Å². The Kier molecular flexibility index (Phi) is 3.75. The lowest BCUT2D eigenvalue weighted by Crippen LogP contribution is -2.26. The molecule has 0 fully saturated rings. The number of hydrogen-bond donors (Lipinski definition) is 4. The summed E-state index contributed by atoms with van der Waals surface area (Å²) in [7, 11) is 0. The number of carboxylic acids is 1. The van der Waals surface area contributed by atoms with E-state index in [1.54, 1.807) is 6.07 Å². The third-order valence-corrected chi connectivity index (χ3v) is 3.83. The highest BCUT2D eigenvalue weighted by Crippen LogP contribution is 2.23. The van der Waals surface area contributed by atoms with Crippen LogP contribution in [0.3, 0.4) is 0 Å². The third kappa shape index (κ3) is 6.06. The molecule has 0 saturated carbocycles. The standard InChI is InChI=1S/C23H23ClN2O3/c24-20-8-2-6-18(13-20)22(27)15-25-10-11-26-21-9-3-5-17(14-21)16-4-1-7-19(12-16)23(28)29/h1-9,12-14,22,25-27H,10-11,15H2,(H,28,29)/t22-/m1/s1/i1D,3D,4D,5D,7D,9D,11D2,12D,14D,22D. The molecule has 0 aliphatic carbocycles. The molecular formula is C23H23ClN2O3. The van der Waals surface area contributed by atoms with Gasteiger partial charge in [0.25, 0.3) is 0 Å². The molecule has 0 aromatic heterocycles. The summed E-state index contributed by atoms with van der Waals surface area (Å²) in [4.78, 5) is 11.7. The van der Waals surface area contributed by atoms with E-state index in [2.05, 4.69) is 10.6 Å². The average molecular weight is 422 g/mol. The molecule has 6 heteroatoms. The van der Waals surface area contributed by atoms with Crippen molar-refractivity contribution in [3.05, 3.63) is 88.8 Å². The van der Waals surface area contributed by atoms with Crippen molar-refractivity contribution in [2.75, 3.05) is 24.9 Å². The summed E-state index contributed by atoms with van der Waals surface area (Å²) >= 11 is 5.90. The van der Waals surface area contributed by atoms with E-state index < -0.39 is 102 Å². The van der Waals surface area contributed by atoms with Gasteiger partial charge in [0, 0.05) is 30.3 Å². The van der Waals surface area contributed by atoms with Crippen LogP contribution in [0.25, 0.3) is 11.1 Å². The van der Waals surface area contributed by atoms with Crippen molar-refractivity contribution in [1.82, 2.24) is 5.32 Å². The zero-order valence-corrected chi connectivity index (χ0v) is 15.7. The Hall–Kier alpha value is -2.86. The number of anilines is 1. The second kappa shape index (κ2) is 10.1. The molecule has 0 spiro atoms. The lowest BCUT2D eigenvalue weighted by atomic mass is 10.0. The molecule has 150 valence electrons. The fourth-order valence-electron chi connectivity index (χ4n) is 2.25. The van der Waals surface area contributed by atoms with Crippen LogP contribution in [0.1, 0.15) is 37.1 Å². The Balaban J connectivity index is 2.01. The van der Waals surface area contributed by atoms with Crippen LogP contribution < -0.4 is 10.6 Å². The smallest absolute Gasteiger partial charge is 0.335 e. The van der Waals surface area contributed by atoms with Crippen LogP contribution in [0.2, 0.25) is 5.02 Å². The van der Waals surface area contributed by atoms with Crippen LogP contribution in [0.4, 0.5) is 5.69 Å². The molecule has 0 amide bonds. The highest BCUT2D eigenvalue weighted by molar-refractivity contribution is 6.30. The van der Waals surface area contributed by atoms with Gasteiger partial charge >= 0.3 is 5.97 Å². The van der Waals surface area contributed by atoms with Gasteiger partial charge in [0.05, 0.1) is 26.7 Å². The first-order chi connectivity index (χ1) is 18.4. The molecule has 0 heterocycles. The number of rotatable bonds is 9. The van der Waals surface area contributed by atoms with Crippen LogP contribution in [0.15, 0.2) is 72.6 Å². The number of benzene rings is 3. The van der Waals surface area contributed by atoms with E-state index >= 15 is 0 Å². The van der Waals surface area contributed by atoms with E-state index in [1.165, 1.54) is 18.2 Å². The van der Waals surface area contributed by atoms with Gasteiger partial charge in [-0.15, -0.1) is 0 Å². The average Bonchev–Trinajstić information content (AvgIpc) is 2.85. The Labute approximate surface area is 190 Å². The first-order valence-electron chi connectivity index (χ1n) is 13.8. The van der Waals surface area contributed by atoms with Crippen LogP contribution in [-0.4, -0.2) is 35.8 Å². The van der Waals surface area contributed by atoms with Crippen molar-refractivity contribution in [3.63, 3.8) is 0 Å². The Morgan fingerprint density at radius 2 is 1.97 bits per heavy atom. The van der Waals surface area contributed by atoms with Crippen molar-refractivity contribution >= 4 is 23.3 Å². The van der Waals surface area contributed by atoms with Gasteiger partial charge in [0.2, 0.25) is 0 Å². The minimum absolute atomic E-state index is 0.142. The minimum Gasteiger partial charge on any atom is -0.478 e. The first-order valence-corrected chi connectivity index (χ1v) is 8.70. The second-order valence-corrected chi connectivity index (χ2v) is 6.10. The molecule has 1 atom stereocenters. The molecule has 29 heavy (non-hydrogen) atoms. The lowest BCUT2D eigenvalue weighted by molar-refractivity contribution is 0.0697. The summed E-state index contributed by atoms with van der Waals surface area (Å²) in [6.45, 7) is -3.51. The monoisotopic (exact) mass is 421 g/mol. The molecule has 4 N–H and O–H groups in total. The van der Waals surface area contributed by atoms with Gasteiger partial charge in [0.15, 0.2) is 0 Å². The van der Waals surface area contributed by atoms with Gasteiger partial charge in [-0.2, -0.15) is 0 Å². The van der Waals surface area contributed by atoms with Gasteiger partial charge in [-0.3, -0.25) is 0 Å². The topological polar surface area (TPSA) is 81.6 Å². The van der Waals surface area contributed by atoms with E-state index in [0.717, 1.165) is 0 Å². The Morgan fingerprint density at radius 1 is 1.21 bits per heavy atom. The van der Waals surface area contributed by atoms with Gasteiger partial charge in [0.1, 0.15) is 0 Å². The minimum atomic E-state index is -2.48. The summed E-state index contributed by atoms with van der Waals surface area (Å²) in [6.07, 6.45) is -2.19. The van der Waals surface area contributed by atoms with Gasteiger partial charge < -0.3 is 20.8 Å². The molecule has 0 aliphatic heterocycles. The number of hydrogen-bond acceptors (Lipinski definition) is 4. The molecule has 0 bridgehead atoms. The number of nitrogens with one attached hydrogen (secondary N) is 2. The van der Waals surface area contributed by atoms with Crippen LogP contribution >= 0.6 is 11.6 Å². The van der Waals surface area contributed by atoms with Crippen molar-refractivity contribution in [1.29, 1.82) is 0 Å². The number of halogens is 1. The quantitative estimate of drug-likeness (QED) is 0.410. The highest BCUT2D eigenvalue weighted by Gasteiger charge is 2.07. The SMILES string of the molecule is [2H]c1c([2H])c(NC([2H])([2H])CNC[C@@]([2H])(O)c2cccc(Cl)c2)c([2H])c(-c2c([2H])c([2H])c([2H])c(C(=O)O)c2[2H])c1[2H]. The number of aromatic carboxylic acids is 1. The van der Waals surface area contributed by atoms with E-state index in [1.807, 2.05) is 0 Å². The van der Waals surface area contributed by atoms with Crippen molar-refractivity contribution in [3.8, 4) is 11.1 Å². The number of carboxylic acid groups (broad SMARTS) is 1. The van der Waals surface area contributed by atoms with E-state index in [0.29, 0.717) is 0 Å². The second-order valence-electron chi connectivity index (χ2n) is 5.67. The lowest BCUT2D eigenvalue weighted by Gasteiger charge is -2.13. The van der Waals surface area contributed by atoms with Crippen molar-refractivity contribution < 1.29 is 30.1 Å². The molecule has 0 saturated heterocycles. The maximum atomic E-state index is 11.7. The molecule has 3 aromatic carbocycles. The normalized spacial score (nSPS) is 18.8. The van der Waals surface area contributed by atoms with Crippen molar-refractivity contribution in [2.45, 2.75) is 6.08 Å². The summed E-state index contributed by atoms with van der Waals surface area (Å²) in [5.74, 6) is -1.75. The Bertz CT molecular complexity index is 1500. The fraction of sp³-hybridized carbons (Fsp3) is 0.174. The molecule has 3 rings (SSSR count).